The fourth-order valence-electron chi connectivity index (χ4n) is 2.00. The number of nitrogens with zero attached hydrogens (tertiary/aromatic N) is 2. The van der Waals surface area contributed by atoms with Crippen LogP contribution in [0.4, 0.5) is 0 Å². The quantitative estimate of drug-likeness (QED) is 0.703. The molecule has 1 fully saturated rings. The summed E-state index contributed by atoms with van der Waals surface area (Å²) in [7, 11) is 0. The summed E-state index contributed by atoms with van der Waals surface area (Å²) < 4.78 is 0. The van der Waals surface area contributed by atoms with Crippen molar-refractivity contribution in [1.29, 1.82) is 0 Å². The Kier molecular flexibility index (Phi) is 5.95. The largest absolute Gasteiger partial charge is 0.313 e. The van der Waals surface area contributed by atoms with E-state index in [2.05, 4.69) is 29.0 Å². The third-order valence-electron chi connectivity index (χ3n) is 2.89. The lowest BCUT2D eigenvalue weighted by Crippen LogP contribution is -2.49. The first kappa shape index (κ1) is 13.6. The Morgan fingerprint density at radius 1 is 1.19 bits per heavy atom. The van der Waals surface area contributed by atoms with Gasteiger partial charge in [0.2, 0.25) is 0 Å². The van der Waals surface area contributed by atoms with Crippen LogP contribution in [0.3, 0.4) is 0 Å². The summed E-state index contributed by atoms with van der Waals surface area (Å²) in [5.41, 5.74) is 0. The molecule has 1 saturated heterocycles. The fourth-order valence-corrected chi connectivity index (χ4v) is 2.00. The lowest BCUT2D eigenvalue weighted by atomic mass is 10.3. The molecule has 94 valence electrons. The zero-order valence-electron chi connectivity index (χ0n) is 10.8. The Morgan fingerprint density at radius 2 is 1.75 bits per heavy atom. The van der Waals surface area contributed by atoms with E-state index < -0.39 is 0 Å². The average molecular weight is 227 g/mol. The van der Waals surface area contributed by atoms with Crippen LogP contribution in [0.25, 0.3) is 0 Å². The van der Waals surface area contributed by atoms with Crippen molar-refractivity contribution in [2.75, 3.05) is 45.8 Å². The number of ketones is 1. The van der Waals surface area contributed by atoms with Crippen molar-refractivity contribution < 1.29 is 4.79 Å². The molecule has 1 rings (SSSR count). The molecule has 4 heteroatoms. The molecule has 0 spiro atoms. The molecule has 16 heavy (non-hydrogen) atoms. The van der Waals surface area contributed by atoms with Gasteiger partial charge in [-0.3, -0.25) is 14.6 Å². The molecule has 1 aliphatic heterocycles. The predicted octanol–water partition coefficient (Wildman–Crippen LogP) is 0.191. The van der Waals surface area contributed by atoms with E-state index in [1.54, 1.807) is 6.92 Å². The molecule has 0 aliphatic carbocycles. The van der Waals surface area contributed by atoms with Gasteiger partial charge in [0.1, 0.15) is 5.78 Å². The molecule has 1 N–H and O–H groups in total. The molecule has 1 aliphatic rings. The van der Waals surface area contributed by atoms with Crippen LogP contribution in [0.15, 0.2) is 0 Å². The van der Waals surface area contributed by atoms with Crippen LogP contribution in [-0.2, 0) is 4.79 Å². The normalized spacial score (nSPS) is 19.2. The highest BCUT2D eigenvalue weighted by Crippen LogP contribution is 2.00. The molecule has 0 atom stereocenters. The van der Waals surface area contributed by atoms with Crippen molar-refractivity contribution in [2.24, 2.45) is 0 Å². The summed E-state index contributed by atoms with van der Waals surface area (Å²) in [6.45, 7) is 13.0. The number of rotatable bonds is 6. The van der Waals surface area contributed by atoms with E-state index in [9.17, 15) is 4.79 Å². The van der Waals surface area contributed by atoms with Crippen LogP contribution in [0.2, 0.25) is 0 Å². The highest BCUT2D eigenvalue weighted by molar-refractivity contribution is 5.77. The highest BCUT2D eigenvalue weighted by atomic mass is 16.1. The number of carbonyl (C=O) groups excluding carboxylic acids is 1. The molecule has 0 amide bonds. The van der Waals surface area contributed by atoms with Crippen molar-refractivity contribution in [3.8, 4) is 0 Å². The second-order valence-corrected chi connectivity index (χ2v) is 4.93. The van der Waals surface area contributed by atoms with E-state index in [1.807, 2.05) is 0 Å². The number of nitrogens with one attached hydrogen (secondary N) is 1. The van der Waals surface area contributed by atoms with Crippen LogP contribution in [0.5, 0.6) is 0 Å². The van der Waals surface area contributed by atoms with Crippen LogP contribution in [-0.4, -0.2) is 67.4 Å². The van der Waals surface area contributed by atoms with Gasteiger partial charge in [-0.2, -0.15) is 0 Å². The molecule has 0 aromatic heterocycles. The van der Waals surface area contributed by atoms with Gasteiger partial charge in [0, 0.05) is 45.3 Å². The number of hydrogen-bond acceptors (Lipinski definition) is 4. The lowest BCUT2D eigenvalue weighted by molar-refractivity contribution is -0.118. The second kappa shape index (κ2) is 6.99. The van der Waals surface area contributed by atoms with Gasteiger partial charge in [-0.25, -0.2) is 0 Å². The zero-order valence-corrected chi connectivity index (χ0v) is 10.8. The molecule has 4 nitrogen and oxygen atoms in total. The topological polar surface area (TPSA) is 35.6 Å². The van der Waals surface area contributed by atoms with E-state index in [-0.39, 0.29) is 5.78 Å². The number of piperazine rings is 1. The highest BCUT2D eigenvalue weighted by Gasteiger charge is 2.16. The van der Waals surface area contributed by atoms with Gasteiger partial charge in [-0.1, -0.05) is 13.8 Å². The summed E-state index contributed by atoms with van der Waals surface area (Å²) in [6.07, 6.45) is 0. The van der Waals surface area contributed by atoms with Gasteiger partial charge >= 0.3 is 0 Å². The summed E-state index contributed by atoms with van der Waals surface area (Å²) in [4.78, 5) is 15.7. The third-order valence-corrected chi connectivity index (χ3v) is 2.89. The Morgan fingerprint density at radius 3 is 2.25 bits per heavy atom. The number of hydrogen-bond donors (Lipinski definition) is 1. The summed E-state index contributed by atoms with van der Waals surface area (Å²) in [5.74, 6) is 0.273. The molecule has 1 heterocycles. The van der Waals surface area contributed by atoms with Gasteiger partial charge < -0.3 is 5.32 Å². The minimum atomic E-state index is 0.273. The lowest BCUT2D eigenvalue weighted by Gasteiger charge is -2.34. The SMILES string of the molecule is CC(=O)CN1CCN(CCNC(C)C)CC1. The number of Topliss-reactive ketones (excluding diaryl/α,β-unsaturated/α-hetero) is 1. The third kappa shape index (κ3) is 5.58. The zero-order chi connectivity index (χ0) is 12.0. The average Bonchev–Trinajstić information content (AvgIpc) is 2.19. The Hall–Kier alpha value is -0.450. The molecule has 0 radical (unpaired) electrons. The van der Waals surface area contributed by atoms with Gasteiger partial charge in [0.25, 0.3) is 0 Å². The van der Waals surface area contributed by atoms with Gasteiger partial charge in [0.05, 0.1) is 6.54 Å². The molecule has 0 bridgehead atoms. The Labute approximate surface area is 99.0 Å². The maximum Gasteiger partial charge on any atom is 0.143 e. The summed E-state index contributed by atoms with van der Waals surface area (Å²) in [5, 5.41) is 3.43. The van der Waals surface area contributed by atoms with E-state index >= 15 is 0 Å². The van der Waals surface area contributed by atoms with E-state index in [0.717, 1.165) is 39.3 Å². The monoisotopic (exact) mass is 227 g/mol. The first-order chi connectivity index (χ1) is 7.58. The standard InChI is InChI=1S/C12H25N3O/c1-11(2)13-4-5-14-6-8-15(9-7-14)10-12(3)16/h11,13H,4-10H2,1-3H3. The first-order valence-electron chi connectivity index (χ1n) is 6.25. The molecular weight excluding hydrogens is 202 g/mol. The van der Waals surface area contributed by atoms with Crippen molar-refractivity contribution >= 4 is 5.78 Å². The molecule has 0 aromatic carbocycles. The van der Waals surface area contributed by atoms with E-state index in [0.29, 0.717) is 12.6 Å². The molecule has 0 unspecified atom stereocenters. The molecule has 0 aromatic rings. The fraction of sp³-hybridized carbons (Fsp3) is 0.917. The second-order valence-electron chi connectivity index (χ2n) is 4.93. The van der Waals surface area contributed by atoms with Crippen LogP contribution in [0, 0.1) is 0 Å². The van der Waals surface area contributed by atoms with Gasteiger partial charge in [0.15, 0.2) is 0 Å². The van der Waals surface area contributed by atoms with Crippen molar-refractivity contribution in [3.05, 3.63) is 0 Å². The van der Waals surface area contributed by atoms with E-state index in [1.165, 1.54) is 0 Å². The smallest absolute Gasteiger partial charge is 0.143 e. The van der Waals surface area contributed by atoms with Crippen molar-refractivity contribution in [1.82, 2.24) is 15.1 Å². The maximum absolute atomic E-state index is 11.0. The number of carbonyl (C=O) groups is 1. The molecular formula is C12H25N3O. The summed E-state index contributed by atoms with van der Waals surface area (Å²) in [6, 6.07) is 0.569. The van der Waals surface area contributed by atoms with Crippen LogP contribution < -0.4 is 5.32 Å². The van der Waals surface area contributed by atoms with Crippen molar-refractivity contribution in [3.63, 3.8) is 0 Å². The minimum absolute atomic E-state index is 0.273. The maximum atomic E-state index is 11.0. The van der Waals surface area contributed by atoms with Crippen LogP contribution >= 0.6 is 0 Å². The Balaban J connectivity index is 2.10. The minimum Gasteiger partial charge on any atom is -0.313 e. The van der Waals surface area contributed by atoms with Crippen LogP contribution in [0.1, 0.15) is 20.8 Å². The first-order valence-corrected chi connectivity index (χ1v) is 6.25. The predicted molar refractivity (Wildman–Crippen MR) is 66.7 cm³/mol. The summed E-state index contributed by atoms with van der Waals surface area (Å²) >= 11 is 0. The Bertz CT molecular complexity index is 210. The van der Waals surface area contributed by atoms with Gasteiger partial charge in [-0.15, -0.1) is 0 Å². The molecule has 0 saturated carbocycles. The van der Waals surface area contributed by atoms with Crippen molar-refractivity contribution in [2.45, 2.75) is 26.8 Å². The van der Waals surface area contributed by atoms with E-state index in [4.69, 9.17) is 0 Å². The van der Waals surface area contributed by atoms with Gasteiger partial charge in [-0.05, 0) is 6.92 Å².